The zero-order valence-electron chi connectivity index (χ0n) is 12.5. The van der Waals surface area contributed by atoms with Crippen molar-refractivity contribution in [2.75, 3.05) is 5.32 Å². The third-order valence-corrected chi connectivity index (χ3v) is 5.32. The number of anilines is 1. The predicted octanol–water partition coefficient (Wildman–Crippen LogP) is 4.39. The Morgan fingerprint density at radius 3 is 2.57 bits per heavy atom. The van der Waals surface area contributed by atoms with Crippen LogP contribution in [0.4, 0.5) is 5.69 Å². The molecule has 1 N–H and O–H groups in total. The van der Waals surface area contributed by atoms with Crippen molar-refractivity contribution >= 4 is 34.7 Å². The average Bonchev–Trinajstić information content (AvgIpc) is 3.00. The molecule has 0 atom stereocenters. The quantitative estimate of drug-likeness (QED) is 0.699. The van der Waals surface area contributed by atoms with Crippen LogP contribution in [0.1, 0.15) is 21.6 Å². The summed E-state index contributed by atoms with van der Waals surface area (Å²) < 4.78 is 1.07. The van der Waals surface area contributed by atoms with Gasteiger partial charge in [0.05, 0.1) is 0 Å². The number of nitrogens with zero attached hydrogens (tertiary/aromatic N) is 2. The Kier molecular flexibility index (Phi) is 5.05. The van der Waals surface area contributed by atoms with Gasteiger partial charge in [-0.05, 0) is 36.8 Å². The molecule has 0 aliphatic carbocycles. The van der Waals surface area contributed by atoms with Gasteiger partial charge in [0, 0.05) is 40.5 Å². The Hall–Kier alpha value is -2.18. The second kappa shape index (κ2) is 7.39. The molecule has 3 rings (SSSR count). The number of pyridine rings is 1. The number of carbonyl (C=O) groups is 1. The zero-order chi connectivity index (χ0) is 16.1. The minimum absolute atomic E-state index is 0.119. The van der Waals surface area contributed by atoms with Gasteiger partial charge in [-0.25, -0.2) is 4.98 Å². The van der Waals surface area contributed by atoms with Crippen molar-refractivity contribution in [2.45, 2.75) is 17.0 Å². The number of rotatable bonds is 5. The largest absolute Gasteiger partial charge is 0.322 e. The molecule has 2 heterocycles. The number of aromatic nitrogens is 2. The van der Waals surface area contributed by atoms with Crippen LogP contribution in [-0.4, -0.2) is 15.9 Å². The fourth-order valence-corrected chi connectivity index (χ4v) is 3.74. The van der Waals surface area contributed by atoms with E-state index in [4.69, 9.17) is 0 Å². The van der Waals surface area contributed by atoms with Crippen LogP contribution in [0.3, 0.4) is 0 Å². The Bertz CT molecular complexity index is 785. The van der Waals surface area contributed by atoms with Crippen molar-refractivity contribution in [3.63, 3.8) is 0 Å². The van der Waals surface area contributed by atoms with E-state index < -0.39 is 0 Å². The minimum atomic E-state index is -0.119. The molecule has 4 nitrogen and oxygen atoms in total. The summed E-state index contributed by atoms with van der Waals surface area (Å²) in [4.78, 5) is 20.5. The molecular weight excluding hydrogens is 326 g/mol. The van der Waals surface area contributed by atoms with Crippen LogP contribution in [0.5, 0.6) is 0 Å². The number of nitrogens with one attached hydrogen (secondary N) is 1. The van der Waals surface area contributed by atoms with Crippen LogP contribution < -0.4 is 5.32 Å². The fourth-order valence-electron chi connectivity index (χ4n) is 1.93. The lowest BCUT2D eigenvalue weighted by Crippen LogP contribution is -2.11. The van der Waals surface area contributed by atoms with Gasteiger partial charge < -0.3 is 5.32 Å². The normalized spacial score (nSPS) is 10.5. The van der Waals surface area contributed by atoms with Crippen LogP contribution in [0.2, 0.25) is 0 Å². The Morgan fingerprint density at radius 2 is 1.91 bits per heavy atom. The van der Waals surface area contributed by atoms with E-state index in [0.717, 1.165) is 21.5 Å². The highest BCUT2D eigenvalue weighted by Crippen LogP contribution is 2.26. The summed E-state index contributed by atoms with van der Waals surface area (Å²) in [7, 11) is 0. The van der Waals surface area contributed by atoms with Crippen molar-refractivity contribution in [3.8, 4) is 0 Å². The summed E-state index contributed by atoms with van der Waals surface area (Å²) in [6.07, 6.45) is 3.30. The number of carbonyl (C=O) groups excluding carboxylic acids is 1. The highest BCUT2D eigenvalue weighted by molar-refractivity contribution is 8.00. The lowest BCUT2D eigenvalue weighted by Gasteiger charge is -2.05. The Balaban J connectivity index is 1.59. The molecule has 6 heteroatoms. The first kappa shape index (κ1) is 15.7. The number of hydrogen-bond acceptors (Lipinski definition) is 5. The standard InChI is InChI=1S/C17H15N3OS2/c1-12-10-22-17(19-12)23-11-13-2-4-14(5-3-13)16(21)20-15-6-8-18-9-7-15/h2-10H,11H2,1H3,(H,18,20,21). The van der Waals surface area contributed by atoms with E-state index in [2.05, 4.69) is 20.7 Å². The van der Waals surface area contributed by atoms with Crippen molar-refractivity contribution < 1.29 is 4.79 Å². The van der Waals surface area contributed by atoms with E-state index in [0.29, 0.717) is 5.56 Å². The minimum Gasteiger partial charge on any atom is -0.322 e. The first-order valence-corrected chi connectivity index (χ1v) is 8.92. The summed E-state index contributed by atoms with van der Waals surface area (Å²) >= 11 is 3.37. The lowest BCUT2D eigenvalue weighted by molar-refractivity contribution is 0.102. The van der Waals surface area contributed by atoms with Gasteiger partial charge in [0.25, 0.3) is 5.91 Å². The molecule has 0 fully saturated rings. The van der Waals surface area contributed by atoms with E-state index in [1.165, 1.54) is 5.56 Å². The second-order valence-corrected chi connectivity index (χ2v) is 7.01. The van der Waals surface area contributed by atoms with E-state index >= 15 is 0 Å². The zero-order valence-corrected chi connectivity index (χ0v) is 14.2. The maximum atomic E-state index is 12.2. The Morgan fingerprint density at radius 1 is 1.17 bits per heavy atom. The number of amides is 1. The third kappa shape index (κ3) is 4.40. The molecular formula is C17H15N3OS2. The van der Waals surface area contributed by atoms with Gasteiger partial charge in [-0.1, -0.05) is 23.9 Å². The van der Waals surface area contributed by atoms with E-state index in [9.17, 15) is 4.79 Å². The van der Waals surface area contributed by atoms with Crippen molar-refractivity contribution in [2.24, 2.45) is 0 Å². The van der Waals surface area contributed by atoms with Gasteiger partial charge in [0.2, 0.25) is 0 Å². The van der Waals surface area contributed by atoms with Crippen molar-refractivity contribution in [3.05, 3.63) is 71.0 Å². The molecule has 0 saturated heterocycles. The molecule has 0 bridgehead atoms. The fraction of sp³-hybridized carbons (Fsp3) is 0.118. The predicted molar refractivity (Wildman–Crippen MR) is 95.0 cm³/mol. The van der Waals surface area contributed by atoms with Crippen LogP contribution in [0, 0.1) is 6.92 Å². The summed E-state index contributed by atoms with van der Waals surface area (Å²) in [6, 6.07) is 11.2. The molecule has 0 unspecified atom stereocenters. The van der Waals surface area contributed by atoms with Gasteiger partial charge in [0.1, 0.15) is 4.34 Å². The van der Waals surface area contributed by atoms with Crippen molar-refractivity contribution in [1.82, 2.24) is 9.97 Å². The SMILES string of the molecule is Cc1csc(SCc2ccc(C(=O)Nc3ccncc3)cc2)n1. The maximum Gasteiger partial charge on any atom is 0.255 e. The van der Waals surface area contributed by atoms with E-state index in [1.54, 1.807) is 47.6 Å². The first-order valence-electron chi connectivity index (χ1n) is 7.06. The van der Waals surface area contributed by atoms with Crippen molar-refractivity contribution in [1.29, 1.82) is 0 Å². The molecule has 0 spiro atoms. The number of benzene rings is 1. The molecule has 0 aliphatic heterocycles. The van der Waals surface area contributed by atoms with E-state index in [1.807, 2.05) is 31.2 Å². The second-order valence-electron chi connectivity index (χ2n) is 4.93. The molecule has 2 aromatic heterocycles. The van der Waals surface area contributed by atoms with Gasteiger partial charge in [-0.2, -0.15) is 0 Å². The molecule has 23 heavy (non-hydrogen) atoms. The number of hydrogen-bond donors (Lipinski definition) is 1. The third-order valence-electron chi connectivity index (χ3n) is 3.11. The molecule has 0 saturated carbocycles. The molecule has 1 amide bonds. The van der Waals surface area contributed by atoms with Crippen LogP contribution >= 0.6 is 23.1 Å². The van der Waals surface area contributed by atoms with Gasteiger partial charge in [0.15, 0.2) is 0 Å². The van der Waals surface area contributed by atoms with Gasteiger partial charge in [-0.15, -0.1) is 11.3 Å². The number of aryl methyl sites for hydroxylation is 1. The number of thioether (sulfide) groups is 1. The first-order chi connectivity index (χ1) is 11.2. The van der Waals surface area contributed by atoms with Crippen LogP contribution in [0.25, 0.3) is 0 Å². The molecule has 1 aromatic carbocycles. The molecule has 3 aromatic rings. The van der Waals surface area contributed by atoms with E-state index in [-0.39, 0.29) is 5.91 Å². The molecule has 0 radical (unpaired) electrons. The van der Waals surface area contributed by atoms with Gasteiger partial charge >= 0.3 is 0 Å². The summed E-state index contributed by atoms with van der Waals surface area (Å²) in [5.41, 5.74) is 3.60. The summed E-state index contributed by atoms with van der Waals surface area (Å²) in [5, 5.41) is 4.90. The lowest BCUT2D eigenvalue weighted by atomic mass is 10.1. The van der Waals surface area contributed by atoms with Crippen LogP contribution in [0.15, 0.2) is 58.5 Å². The topological polar surface area (TPSA) is 54.9 Å². The molecule has 0 aliphatic rings. The highest BCUT2D eigenvalue weighted by atomic mass is 32.2. The summed E-state index contributed by atoms with van der Waals surface area (Å²) in [5.74, 6) is 0.727. The molecule has 116 valence electrons. The van der Waals surface area contributed by atoms with Gasteiger partial charge in [-0.3, -0.25) is 9.78 Å². The number of thiazole rings is 1. The smallest absolute Gasteiger partial charge is 0.255 e. The average molecular weight is 341 g/mol. The Labute approximate surface area is 143 Å². The monoisotopic (exact) mass is 341 g/mol. The van der Waals surface area contributed by atoms with Crippen LogP contribution in [-0.2, 0) is 5.75 Å². The summed E-state index contributed by atoms with van der Waals surface area (Å²) in [6.45, 7) is 2.00. The highest BCUT2D eigenvalue weighted by Gasteiger charge is 2.06. The maximum absolute atomic E-state index is 12.2.